The minimum atomic E-state index is 0.469. The van der Waals surface area contributed by atoms with Gasteiger partial charge in [-0.15, -0.1) is 0 Å². The molecule has 0 aliphatic carbocycles. The van der Waals surface area contributed by atoms with Gasteiger partial charge < -0.3 is 5.73 Å². The normalized spacial score (nSPS) is 11.3. The minimum absolute atomic E-state index is 0.469. The summed E-state index contributed by atoms with van der Waals surface area (Å²) in [6.45, 7) is 6.08. The van der Waals surface area contributed by atoms with Gasteiger partial charge in [-0.2, -0.15) is 5.10 Å². The third-order valence-corrected chi connectivity index (χ3v) is 2.71. The van der Waals surface area contributed by atoms with Crippen molar-refractivity contribution < 1.29 is 0 Å². The Balaban J connectivity index is 2.54. The lowest BCUT2D eigenvalue weighted by molar-refractivity contribution is 0.216. The monoisotopic (exact) mass is 240 g/mol. The average molecular weight is 240 g/mol. The molecule has 1 aromatic heterocycles. The summed E-state index contributed by atoms with van der Waals surface area (Å²) in [4.78, 5) is 2.90. The molecule has 4 nitrogen and oxygen atoms in total. The van der Waals surface area contributed by atoms with E-state index in [1.807, 2.05) is 24.0 Å². The van der Waals surface area contributed by atoms with Crippen LogP contribution in [-0.4, -0.2) is 32.3 Å². The number of hydrogen-bond acceptors (Lipinski definition) is 3. The zero-order valence-electron chi connectivity index (χ0n) is 10.2. The highest BCUT2D eigenvalue weighted by molar-refractivity contribution is 7.80. The first-order chi connectivity index (χ1) is 7.49. The largest absolute Gasteiger partial charge is 0.393 e. The lowest BCUT2D eigenvalue weighted by atomic mass is 10.2. The van der Waals surface area contributed by atoms with Gasteiger partial charge >= 0.3 is 0 Å². The van der Waals surface area contributed by atoms with Crippen molar-refractivity contribution in [3.05, 3.63) is 18.0 Å². The lowest BCUT2D eigenvalue weighted by Gasteiger charge is -2.25. The van der Waals surface area contributed by atoms with E-state index in [4.69, 9.17) is 18.0 Å². The Morgan fingerprint density at radius 1 is 1.62 bits per heavy atom. The van der Waals surface area contributed by atoms with Crippen molar-refractivity contribution in [2.75, 3.05) is 6.54 Å². The van der Waals surface area contributed by atoms with Gasteiger partial charge in [0.25, 0.3) is 0 Å². The summed E-state index contributed by atoms with van der Waals surface area (Å²) < 4.78 is 1.82. The van der Waals surface area contributed by atoms with Crippen LogP contribution in [0.25, 0.3) is 0 Å². The van der Waals surface area contributed by atoms with Crippen molar-refractivity contribution in [2.45, 2.75) is 32.9 Å². The van der Waals surface area contributed by atoms with Gasteiger partial charge in [-0.05, 0) is 19.9 Å². The summed E-state index contributed by atoms with van der Waals surface area (Å²) in [6.07, 6.45) is 2.72. The number of hydrogen-bond donors (Lipinski definition) is 1. The first kappa shape index (κ1) is 13.1. The number of nitrogens with zero attached hydrogens (tertiary/aromatic N) is 3. The van der Waals surface area contributed by atoms with Crippen LogP contribution in [0.1, 0.15) is 26.0 Å². The van der Waals surface area contributed by atoms with Crippen molar-refractivity contribution in [3.63, 3.8) is 0 Å². The topological polar surface area (TPSA) is 47.1 Å². The zero-order valence-corrected chi connectivity index (χ0v) is 11.0. The van der Waals surface area contributed by atoms with E-state index in [9.17, 15) is 0 Å². The predicted molar refractivity (Wildman–Crippen MR) is 70.2 cm³/mol. The Labute approximate surface area is 102 Å². The van der Waals surface area contributed by atoms with Gasteiger partial charge in [-0.3, -0.25) is 9.58 Å². The highest BCUT2D eigenvalue weighted by Gasteiger charge is 2.11. The van der Waals surface area contributed by atoms with Gasteiger partial charge in [0, 0.05) is 38.8 Å². The van der Waals surface area contributed by atoms with Crippen LogP contribution in [0.5, 0.6) is 0 Å². The fraction of sp³-hybridized carbons (Fsp3) is 0.636. The second-order valence-electron chi connectivity index (χ2n) is 4.26. The fourth-order valence-electron chi connectivity index (χ4n) is 1.53. The molecule has 0 unspecified atom stereocenters. The second-order valence-corrected chi connectivity index (χ2v) is 4.79. The second kappa shape index (κ2) is 5.96. The fourth-order valence-corrected chi connectivity index (χ4v) is 1.62. The molecular formula is C11H20N4S. The van der Waals surface area contributed by atoms with Gasteiger partial charge in [-0.25, -0.2) is 0 Å². The maximum absolute atomic E-state index is 5.52. The Morgan fingerprint density at radius 3 is 2.75 bits per heavy atom. The molecule has 5 heteroatoms. The number of nitrogens with two attached hydrogens (primary N) is 1. The van der Waals surface area contributed by atoms with Crippen molar-refractivity contribution in [3.8, 4) is 0 Å². The lowest BCUT2D eigenvalue weighted by Crippen LogP contribution is -2.33. The Hall–Kier alpha value is -0.940. The van der Waals surface area contributed by atoms with Gasteiger partial charge in [-0.1, -0.05) is 12.2 Å². The van der Waals surface area contributed by atoms with Crippen molar-refractivity contribution in [1.29, 1.82) is 0 Å². The molecule has 0 bridgehead atoms. The van der Waals surface area contributed by atoms with Crippen LogP contribution < -0.4 is 5.73 Å². The number of aryl methyl sites for hydroxylation is 1. The van der Waals surface area contributed by atoms with Crippen LogP contribution in [0, 0.1) is 0 Å². The molecule has 0 atom stereocenters. The summed E-state index contributed by atoms with van der Waals surface area (Å²) in [7, 11) is 1.93. The van der Waals surface area contributed by atoms with E-state index in [2.05, 4.69) is 23.8 Å². The molecule has 0 aliphatic rings. The molecule has 0 saturated heterocycles. The van der Waals surface area contributed by atoms with Crippen LogP contribution in [0.3, 0.4) is 0 Å². The number of aromatic nitrogens is 2. The molecule has 2 N–H and O–H groups in total. The van der Waals surface area contributed by atoms with E-state index in [0.29, 0.717) is 11.0 Å². The Morgan fingerprint density at radius 2 is 2.31 bits per heavy atom. The minimum Gasteiger partial charge on any atom is -0.393 e. The Bertz CT molecular complexity index is 346. The molecule has 0 aromatic carbocycles. The molecule has 0 fully saturated rings. The maximum atomic E-state index is 5.52. The molecule has 90 valence electrons. The maximum Gasteiger partial charge on any atom is 0.0764 e. The summed E-state index contributed by atoms with van der Waals surface area (Å²) in [5.41, 5.74) is 6.61. The molecule has 0 amide bonds. The first-order valence-electron chi connectivity index (χ1n) is 5.50. The highest BCUT2D eigenvalue weighted by Crippen LogP contribution is 2.06. The molecule has 0 spiro atoms. The van der Waals surface area contributed by atoms with Crippen LogP contribution in [0.2, 0.25) is 0 Å². The molecule has 1 rings (SSSR count). The number of thiocarbonyl (C=S) groups is 1. The van der Waals surface area contributed by atoms with Crippen LogP contribution >= 0.6 is 12.2 Å². The summed E-state index contributed by atoms with van der Waals surface area (Å²) in [5, 5.41) is 4.37. The van der Waals surface area contributed by atoms with Crippen LogP contribution in [0.15, 0.2) is 12.3 Å². The van der Waals surface area contributed by atoms with Gasteiger partial charge in [0.1, 0.15) is 0 Å². The summed E-state index contributed by atoms with van der Waals surface area (Å²) in [6, 6.07) is 2.51. The average Bonchev–Trinajstić information content (AvgIpc) is 2.57. The summed E-state index contributed by atoms with van der Waals surface area (Å²) >= 11 is 4.90. The van der Waals surface area contributed by atoms with E-state index >= 15 is 0 Å². The van der Waals surface area contributed by atoms with Gasteiger partial charge in [0.15, 0.2) is 0 Å². The van der Waals surface area contributed by atoms with Crippen molar-refractivity contribution in [2.24, 2.45) is 12.8 Å². The molecule has 0 radical (unpaired) electrons. The standard InChI is InChI=1S/C11H20N4S/c1-9(2)15(7-5-11(12)16)8-10-4-6-14(3)13-10/h4,6,9H,5,7-8H2,1-3H3,(H2,12,16). The Kier molecular flexibility index (Phi) is 4.89. The third kappa shape index (κ3) is 4.28. The smallest absolute Gasteiger partial charge is 0.0764 e. The predicted octanol–water partition coefficient (Wildman–Crippen LogP) is 1.31. The first-order valence-corrected chi connectivity index (χ1v) is 5.90. The van der Waals surface area contributed by atoms with E-state index in [1.54, 1.807) is 0 Å². The molecule has 16 heavy (non-hydrogen) atoms. The van der Waals surface area contributed by atoms with Crippen LogP contribution in [-0.2, 0) is 13.6 Å². The third-order valence-electron chi connectivity index (χ3n) is 2.51. The summed E-state index contributed by atoms with van der Waals surface area (Å²) in [5.74, 6) is 0. The molecule has 1 aromatic rings. The highest BCUT2D eigenvalue weighted by atomic mass is 32.1. The molecule has 0 saturated carbocycles. The quantitative estimate of drug-likeness (QED) is 0.762. The SMILES string of the molecule is CC(C)N(CCC(N)=S)Cc1ccn(C)n1. The molecular weight excluding hydrogens is 220 g/mol. The van der Waals surface area contributed by atoms with E-state index in [1.165, 1.54) is 0 Å². The zero-order chi connectivity index (χ0) is 12.1. The van der Waals surface area contributed by atoms with Crippen LogP contribution in [0.4, 0.5) is 0 Å². The van der Waals surface area contributed by atoms with Gasteiger partial charge in [0.2, 0.25) is 0 Å². The van der Waals surface area contributed by atoms with E-state index in [-0.39, 0.29) is 0 Å². The van der Waals surface area contributed by atoms with E-state index in [0.717, 1.165) is 25.2 Å². The van der Waals surface area contributed by atoms with Crippen molar-refractivity contribution in [1.82, 2.24) is 14.7 Å². The molecule has 0 aliphatic heterocycles. The van der Waals surface area contributed by atoms with Crippen molar-refractivity contribution >= 4 is 17.2 Å². The molecule has 1 heterocycles. The van der Waals surface area contributed by atoms with Gasteiger partial charge in [0.05, 0.1) is 10.7 Å². The van der Waals surface area contributed by atoms with E-state index < -0.39 is 0 Å². The number of rotatable bonds is 6.